The lowest BCUT2D eigenvalue weighted by Crippen LogP contribution is -2.31. The van der Waals surface area contributed by atoms with E-state index in [4.69, 9.17) is 0 Å². The van der Waals surface area contributed by atoms with E-state index in [1.165, 1.54) is 17.7 Å². The predicted molar refractivity (Wildman–Crippen MR) is 87.1 cm³/mol. The molecule has 0 aromatic carbocycles. The van der Waals surface area contributed by atoms with Crippen LogP contribution in [0, 0.1) is 0 Å². The van der Waals surface area contributed by atoms with Gasteiger partial charge in [0.05, 0.1) is 6.04 Å². The highest BCUT2D eigenvalue weighted by Crippen LogP contribution is 2.34. The standard InChI is InChI=1S/C18H22N4O/c1-21-16-8-3-2-7-14(16)17(20-21)18(23)22-11-5-9-15(22)13-6-4-10-19-12-13/h4,6,10,12,15H,2-3,5,7-9,11H2,1H3. The molecule has 0 radical (unpaired) electrons. The first-order valence-electron chi connectivity index (χ1n) is 8.51. The van der Waals surface area contributed by atoms with Crippen molar-refractivity contribution in [2.45, 2.75) is 44.6 Å². The van der Waals surface area contributed by atoms with Gasteiger partial charge in [-0.25, -0.2) is 0 Å². The molecule has 0 N–H and O–H groups in total. The van der Waals surface area contributed by atoms with Crippen molar-refractivity contribution in [2.75, 3.05) is 6.54 Å². The van der Waals surface area contributed by atoms with E-state index in [0.717, 1.165) is 44.2 Å². The molecule has 23 heavy (non-hydrogen) atoms. The van der Waals surface area contributed by atoms with Gasteiger partial charge in [0.15, 0.2) is 5.69 Å². The van der Waals surface area contributed by atoms with Crippen LogP contribution in [0.2, 0.25) is 0 Å². The minimum absolute atomic E-state index is 0.0927. The first-order chi connectivity index (χ1) is 11.3. The van der Waals surface area contributed by atoms with Crippen molar-refractivity contribution in [1.29, 1.82) is 0 Å². The molecule has 0 spiro atoms. The third-order valence-electron chi connectivity index (χ3n) is 5.15. The summed E-state index contributed by atoms with van der Waals surface area (Å²) in [6.07, 6.45) is 10.1. The zero-order valence-electron chi connectivity index (χ0n) is 13.5. The molecule has 1 saturated heterocycles. The van der Waals surface area contributed by atoms with Crippen molar-refractivity contribution < 1.29 is 4.79 Å². The van der Waals surface area contributed by atoms with E-state index in [0.29, 0.717) is 5.69 Å². The van der Waals surface area contributed by atoms with Gasteiger partial charge in [-0.3, -0.25) is 14.5 Å². The van der Waals surface area contributed by atoms with Crippen molar-refractivity contribution in [2.24, 2.45) is 7.05 Å². The molecule has 1 aliphatic heterocycles. The van der Waals surface area contributed by atoms with E-state index >= 15 is 0 Å². The van der Waals surface area contributed by atoms with Crippen molar-refractivity contribution in [3.8, 4) is 0 Å². The fourth-order valence-corrected chi connectivity index (χ4v) is 4.01. The quantitative estimate of drug-likeness (QED) is 0.857. The van der Waals surface area contributed by atoms with Crippen LogP contribution in [0.4, 0.5) is 0 Å². The molecule has 120 valence electrons. The lowest BCUT2D eigenvalue weighted by molar-refractivity contribution is 0.0727. The van der Waals surface area contributed by atoms with Crippen LogP contribution in [0.5, 0.6) is 0 Å². The topological polar surface area (TPSA) is 51.0 Å². The van der Waals surface area contributed by atoms with Gasteiger partial charge in [-0.2, -0.15) is 5.10 Å². The third kappa shape index (κ3) is 2.44. The van der Waals surface area contributed by atoms with Gasteiger partial charge in [-0.15, -0.1) is 0 Å². The van der Waals surface area contributed by atoms with Crippen LogP contribution in [0.1, 0.15) is 59.0 Å². The first-order valence-corrected chi connectivity index (χ1v) is 8.51. The molecule has 2 aliphatic rings. The normalized spacial score (nSPS) is 20.6. The average Bonchev–Trinajstić information content (AvgIpc) is 3.21. The van der Waals surface area contributed by atoms with E-state index in [1.54, 1.807) is 6.20 Å². The molecule has 4 rings (SSSR count). The summed E-state index contributed by atoms with van der Waals surface area (Å²) in [6.45, 7) is 0.809. The number of hydrogen-bond acceptors (Lipinski definition) is 3. The van der Waals surface area contributed by atoms with Crippen molar-refractivity contribution >= 4 is 5.91 Å². The van der Waals surface area contributed by atoms with Crippen molar-refractivity contribution in [3.63, 3.8) is 0 Å². The Labute approximate surface area is 136 Å². The first kappa shape index (κ1) is 14.4. The van der Waals surface area contributed by atoms with Crippen LogP contribution in [0.3, 0.4) is 0 Å². The van der Waals surface area contributed by atoms with Gasteiger partial charge >= 0.3 is 0 Å². The Bertz CT molecular complexity index is 722. The molecular weight excluding hydrogens is 288 g/mol. The summed E-state index contributed by atoms with van der Waals surface area (Å²) < 4.78 is 1.91. The molecule has 1 aliphatic carbocycles. The molecule has 1 atom stereocenters. The van der Waals surface area contributed by atoms with E-state index in [1.807, 2.05) is 28.9 Å². The number of pyridine rings is 1. The lowest BCUT2D eigenvalue weighted by atomic mass is 9.95. The number of carbonyl (C=O) groups is 1. The summed E-state index contributed by atoms with van der Waals surface area (Å²) in [5, 5.41) is 4.57. The molecule has 2 aromatic rings. The monoisotopic (exact) mass is 310 g/mol. The summed E-state index contributed by atoms with van der Waals surface area (Å²) in [6, 6.07) is 4.15. The number of nitrogens with zero attached hydrogens (tertiary/aromatic N) is 4. The minimum atomic E-state index is 0.0927. The highest BCUT2D eigenvalue weighted by molar-refractivity contribution is 5.94. The highest BCUT2D eigenvalue weighted by atomic mass is 16.2. The number of likely N-dealkylation sites (tertiary alicyclic amines) is 1. The number of aromatic nitrogens is 3. The zero-order valence-corrected chi connectivity index (χ0v) is 13.5. The molecule has 1 unspecified atom stereocenters. The fourth-order valence-electron chi connectivity index (χ4n) is 4.01. The lowest BCUT2D eigenvalue weighted by Gasteiger charge is -2.24. The maximum absolute atomic E-state index is 13.1. The molecule has 0 saturated carbocycles. The Morgan fingerprint density at radius 2 is 2.13 bits per heavy atom. The Kier molecular flexibility index (Phi) is 3.63. The summed E-state index contributed by atoms with van der Waals surface area (Å²) in [4.78, 5) is 19.4. The van der Waals surface area contributed by atoms with Gasteiger partial charge in [0.1, 0.15) is 0 Å². The highest BCUT2D eigenvalue weighted by Gasteiger charge is 2.34. The number of amides is 1. The van der Waals surface area contributed by atoms with Gasteiger partial charge in [0.25, 0.3) is 5.91 Å². The van der Waals surface area contributed by atoms with E-state index in [-0.39, 0.29) is 11.9 Å². The van der Waals surface area contributed by atoms with Crippen LogP contribution < -0.4 is 0 Å². The van der Waals surface area contributed by atoms with E-state index < -0.39 is 0 Å². The SMILES string of the molecule is Cn1nc(C(=O)N2CCCC2c2cccnc2)c2c1CCCC2. The van der Waals surface area contributed by atoms with Gasteiger partial charge in [-0.1, -0.05) is 6.07 Å². The molecule has 0 bridgehead atoms. The second-order valence-corrected chi connectivity index (χ2v) is 6.55. The predicted octanol–water partition coefficient (Wildman–Crippen LogP) is 2.67. The molecule has 5 heteroatoms. The Morgan fingerprint density at radius 3 is 2.96 bits per heavy atom. The second kappa shape index (κ2) is 5.80. The summed E-state index contributed by atoms with van der Waals surface area (Å²) in [5.74, 6) is 0.0927. The van der Waals surface area contributed by atoms with Gasteiger partial charge in [0, 0.05) is 37.2 Å². The maximum Gasteiger partial charge on any atom is 0.275 e. The number of fused-ring (bicyclic) bond motifs is 1. The summed E-state index contributed by atoms with van der Waals surface area (Å²) >= 11 is 0. The van der Waals surface area contributed by atoms with E-state index in [2.05, 4.69) is 16.1 Å². The zero-order chi connectivity index (χ0) is 15.8. The second-order valence-electron chi connectivity index (χ2n) is 6.55. The number of aryl methyl sites for hydroxylation is 1. The van der Waals surface area contributed by atoms with Crippen molar-refractivity contribution in [3.05, 3.63) is 47.0 Å². The molecule has 1 fully saturated rings. The summed E-state index contributed by atoms with van der Waals surface area (Å²) in [5.41, 5.74) is 4.23. The molecule has 3 heterocycles. The van der Waals surface area contributed by atoms with Crippen LogP contribution in [-0.2, 0) is 19.9 Å². The smallest absolute Gasteiger partial charge is 0.275 e. The van der Waals surface area contributed by atoms with Gasteiger partial charge in [-0.05, 0) is 50.2 Å². The van der Waals surface area contributed by atoms with Crippen LogP contribution in [0.25, 0.3) is 0 Å². The molecule has 5 nitrogen and oxygen atoms in total. The fraction of sp³-hybridized carbons (Fsp3) is 0.500. The van der Waals surface area contributed by atoms with Gasteiger partial charge < -0.3 is 4.90 Å². The third-order valence-corrected chi connectivity index (χ3v) is 5.15. The average molecular weight is 310 g/mol. The van der Waals surface area contributed by atoms with Crippen molar-refractivity contribution in [1.82, 2.24) is 19.7 Å². The maximum atomic E-state index is 13.1. The number of rotatable bonds is 2. The van der Waals surface area contributed by atoms with Crippen LogP contribution >= 0.6 is 0 Å². The molecular formula is C18H22N4O. The van der Waals surface area contributed by atoms with E-state index in [9.17, 15) is 4.79 Å². The van der Waals surface area contributed by atoms with Crippen LogP contribution in [0.15, 0.2) is 24.5 Å². The molecule has 1 amide bonds. The Hall–Kier alpha value is -2.17. The number of carbonyl (C=O) groups excluding carboxylic acids is 1. The summed E-state index contributed by atoms with van der Waals surface area (Å²) in [7, 11) is 1.96. The Morgan fingerprint density at radius 1 is 1.26 bits per heavy atom. The molecule has 2 aromatic heterocycles. The van der Waals surface area contributed by atoms with Gasteiger partial charge in [0.2, 0.25) is 0 Å². The number of hydrogen-bond donors (Lipinski definition) is 0. The minimum Gasteiger partial charge on any atom is -0.330 e. The van der Waals surface area contributed by atoms with Crippen LogP contribution in [-0.4, -0.2) is 32.1 Å². The largest absolute Gasteiger partial charge is 0.330 e. The Balaban J connectivity index is 1.66.